The molecule has 0 spiro atoms. The van der Waals surface area contributed by atoms with Crippen LogP contribution in [0.1, 0.15) is 45.4 Å². The highest BCUT2D eigenvalue weighted by atomic mass is 16.5. The molecule has 1 aliphatic carbocycles. The molecule has 2 N–H and O–H groups in total. The van der Waals surface area contributed by atoms with Gasteiger partial charge in [-0.2, -0.15) is 0 Å². The topological polar surface area (TPSA) is 55.6 Å². The monoisotopic (exact) mass is 254 g/mol. The van der Waals surface area contributed by atoms with E-state index in [1.165, 1.54) is 12.8 Å². The third-order valence-corrected chi connectivity index (χ3v) is 4.09. The average Bonchev–Trinajstić information content (AvgIpc) is 2.54. The first-order chi connectivity index (χ1) is 8.65. The first-order valence-corrected chi connectivity index (χ1v) is 7.30. The van der Waals surface area contributed by atoms with E-state index < -0.39 is 0 Å². The molecule has 104 valence electrons. The molecule has 1 amide bonds. The van der Waals surface area contributed by atoms with Gasteiger partial charge in [0.25, 0.3) is 0 Å². The molecule has 0 aromatic heterocycles. The van der Waals surface area contributed by atoms with Crippen LogP contribution >= 0.6 is 0 Å². The minimum Gasteiger partial charge on any atom is -0.377 e. The Balaban J connectivity index is 1.82. The summed E-state index contributed by atoms with van der Waals surface area (Å²) >= 11 is 0. The highest BCUT2D eigenvalue weighted by molar-refractivity contribution is 5.76. The predicted molar refractivity (Wildman–Crippen MR) is 71.2 cm³/mol. The maximum atomic E-state index is 12.3. The van der Waals surface area contributed by atoms with Gasteiger partial charge in [0.05, 0.1) is 6.10 Å². The van der Waals surface area contributed by atoms with Crippen molar-refractivity contribution in [1.82, 2.24) is 4.90 Å². The van der Waals surface area contributed by atoms with Crippen molar-refractivity contribution in [3.63, 3.8) is 0 Å². The number of hydrogen-bond donors (Lipinski definition) is 1. The van der Waals surface area contributed by atoms with Crippen LogP contribution in [0, 0.1) is 5.92 Å². The smallest absolute Gasteiger partial charge is 0.222 e. The Kier molecular flexibility index (Phi) is 5.01. The van der Waals surface area contributed by atoms with E-state index in [-0.39, 0.29) is 6.10 Å². The van der Waals surface area contributed by atoms with Gasteiger partial charge in [-0.1, -0.05) is 6.42 Å². The summed E-state index contributed by atoms with van der Waals surface area (Å²) in [5.74, 6) is 0.798. The Labute approximate surface area is 110 Å². The minimum absolute atomic E-state index is 0.171. The van der Waals surface area contributed by atoms with Gasteiger partial charge in [0.1, 0.15) is 0 Å². The van der Waals surface area contributed by atoms with Crippen LogP contribution in [0.2, 0.25) is 0 Å². The summed E-state index contributed by atoms with van der Waals surface area (Å²) in [5.41, 5.74) is 5.98. The fourth-order valence-electron chi connectivity index (χ4n) is 3.11. The largest absolute Gasteiger partial charge is 0.377 e. The molecule has 4 heteroatoms. The molecule has 0 aromatic carbocycles. The van der Waals surface area contributed by atoms with Gasteiger partial charge in [-0.3, -0.25) is 4.79 Å². The Morgan fingerprint density at radius 2 is 2.22 bits per heavy atom. The lowest BCUT2D eigenvalue weighted by atomic mass is 9.84. The van der Waals surface area contributed by atoms with Crippen LogP contribution in [0.5, 0.6) is 0 Å². The van der Waals surface area contributed by atoms with Gasteiger partial charge < -0.3 is 15.4 Å². The summed E-state index contributed by atoms with van der Waals surface area (Å²) in [7, 11) is 0. The molecule has 1 heterocycles. The van der Waals surface area contributed by atoms with E-state index in [1.807, 2.05) is 11.8 Å². The maximum absolute atomic E-state index is 12.3. The van der Waals surface area contributed by atoms with Crippen LogP contribution in [0.3, 0.4) is 0 Å². The first kappa shape index (κ1) is 13.8. The molecule has 1 aliphatic heterocycles. The second-order valence-corrected chi connectivity index (χ2v) is 5.87. The summed E-state index contributed by atoms with van der Waals surface area (Å²) in [6.45, 7) is 4.42. The summed E-state index contributed by atoms with van der Waals surface area (Å²) in [6.07, 6.45) is 6.30. The lowest BCUT2D eigenvalue weighted by molar-refractivity contribution is -0.133. The van der Waals surface area contributed by atoms with E-state index >= 15 is 0 Å². The number of ether oxygens (including phenoxy) is 1. The van der Waals surface area contributed by atoms with Crippen LogP contribution in [0.25, 0.3) is 0 Å². The summed E-state index contributed by atoms with van der Waals surface area (Å²) in [4.78, 5) is 14.3. The van der Waals surface area contributed by atoms with Crippen LogP contribution in [-0.4, -0.2) is 42.6 Å². The molecule has 0 radical (unpaired) electrons. The lowest BCUT2D eigenvalue weighted by Gasteiger charge is -2.29. The van der Waals surface area contributed by atoms with E-state index in [0.717, 1.165) is 39.0 Å². The third-order valence-electron chi connectivity index (χ3n) is 4.09. The van der Waals surface area contributed by atoms with Crippen molar-refractivity contribution in [3.05, 3.63) is 0 Å². The average molecular weight is 254 g/mol. The predicted octanol–water partition coefficient (Wildman–Crippen LogP) is 1.53. The van der Waals surface area contributed by atoms with E-state index in [4.69, 9.17) is 10.5 Å². The standard InChI is InChI=1S/C14H26N2O2/c1-11-10-16(6-3-7-18-11)14(17)9-12-4-2-5-13(15)8-12/h11-13H,2-10,15H2,1H3. The zero-order chi connectivity index (χ0) is 13.0. The second kappa shape index (κ2) is 6.53. The lowest BCUT2D eigenvalue weighted by Crippen LogP contribution is -2.38. The Bertz CT molecular complexity index is 283. The Hall–Kier alpha value is -0.610. The summed E-state index contributed by atoms with van der Waals surface area (Å²) in [5, 5.41) is 0. The molecule has 2 rings (SSSR count). The van der Waals surface area contributed by atoms with Gasteiger partial charge in [0, 0.05) is 32.2 Å². The molecule has 2 aliphatic rings. The molecular formula is C14H26N2O2. The van der Waals surface area contributed by atoms with Crippen molar-refractivity contribution in [1.29, 1.82) is 0 Å². The van der Waals surface area contributed by atoms with Crippen molar-refractivity contribution in [2.24, 2.45) is 11.7 Å². The van der Waals surface area contributed by atoms with Crippen molar-refractivity contribution >= 4 is 5.91 Å². The van der Waals surface area contributed by atoms with E-state index in [1.54, 1.807) is 0 Å². The Morgan fingerprint density at radius 3 is 3.00 bits per heavy atom. The quantitative estimate of drug-likeness (QED) is 0.813. The molecule has 2 fully saturated rings. The van der Waals surface area contributed by atoms with Gasteiger partial charge in [0.15, 0.2) is 0 Å². The maximum Gasteiger partial charge on any atom is 0.222 e. The van der Waals surface area contributed by atoms with E-state index in [2.05, 4.69) is 0 Å². The first-order valence-electron chi connectivity index (χ1n) is 7.30. The summed E-state index contributed by atoms with van der Waals surface area (Å²) < 4.78 is 5.58. The molecule has 1 saturated heterocycles. The third kappa shape index (κ3) is 3.95. The fraction of sp³-hybridized carbons (Fsp3) is 0.929. The molecule has 3 atom stereocenters. The molecular weight excluding hydrogens is 228 g/mol. The van der Waals surface area contributed by atoms with Crippen molar-refractivity contribution in [2.75, 3.05) is 19.7 Å². The van der Waals surface area contributed by atoms with E-state index in [9.17, 15) is 4.79 Å². The van der Waals surface area contributed by atoms with Crippen LogP contribution < -0.4 is 5.73 Å². The van der Waals surface area contributed by atoms with Gasteiger partial charge in [0.2, 0.25) is 5.91 Å². The molecule has 0 aromatic rings. The molecule has 0 bridgehead atoms. The number of nitrogens with zero attached hydrogens (tertiary/aromatic N) is 1. The number of hydrogen-bond acceptors (Lipinski definition) is 3. The number of carbonyl (C=O) groups is 1. The van der Waals surface area contributed by atoms with Crippen molar-refractivity contribution in [3.8, 4) is 0 Å². The van der Waals surface area contributed by atoms with Crippen molar-refractivity contribution in [2.45, 2.75) is 57.6 Å². The minimum atomic E-state index is 0.171. The normalized spacial score (nSPS) is 34.1. The Morgan fingerprint density at radius 1 is 1.39 bits per heavy atom. The van der Waals surface area contributed by atoms with Gasteiger partial charge in [-0.05, 0) is 38.5 Å². The highest BCUT2D eigenvalue weighted by Gasteiger charge is 2.25. The van der Waals surface area contributed by atoms with Crippen molar-refractivity contribution < 1.29 is 9.53 Å². The van der Waals surface area contributed by atoms with Crippen LogP contribution in [0.15, 0.2) is 0 Å². The van der Waals surface area contributed by atoms with Gasteiger partial charge >= 0.3 is 0 Å². The second-order valence-electron chi connectivity index (χ2n) is 5.87. The van der Waals surface area contributed by atoms with Crippen LogP contribution in [-0.2, 0) is 9.53 Å². The summed E-state index contributed by atoms with van der Waals surface area (Å²) in [6, 6.07) is 0.308. The molecule has 1 saturated carbocycles. The highest BCUT2D eigenvalue weighted by Crippen LogP contribution is 2.26. The van der Waals surface area contributed by atoms with Gasteiger partial charge in [-0.25, -0.2) is 0 Å². The fourth-order valence-corrected chi connectivity index (χ4v) is 3.11. The number of rotatable bonds is 2. The molecule has 3 unspecified atom stereocenters. The zero-order valence-electron chi connectivity index (χ0n) is 11.4. The van der Waals surface area contributed by atoms with Gasteiger partial charge in [-0.15, -0.1) is 0 Å². The van der Waals surface area contributed by atoms with E-state index in [0.29, 0.717) is 24.3 Å². The number of nitrogens with two attached hydrogens (primary N) is 1. The number of amides is 1. The van der Waals surface area contributed by atoms with Crippen LogP contribution in [0.4, 0.5) is 0 Å². The SMILES string of the molecule is CC1CN(C(=O)CC2CCCC(N)C2)CCCO1. The molecule has 4 nitrogen and oxygen atoms in total. The molecule has 18 heavy (non-hydrogen) atoms. The number of carbonyl (C=O) groups excluding carboxylic acids is 1. The zero-order valence-corrected chi connectivity index (χ0v) is 11.4.